The molecule has 0 amide bonds. The van der Waals surface area contributed by atoms with Gasteiger partial charge in [0.1, 0.15) is 0 Å². The van der Waals surface area contributed by atoms with E-state index in [1.54, 1.807) is 13.2 Å². The fraction of sp³-hybridized carbons (Fsp3) is 0.778. The van der Waals surface area contributed by atoms with Gasteiger partial charge in [-0.25, -0.2) is 0 Å². The van der Waals surface area contributed by atoms with Crippen molar-refractivity contribution in [2.75, 3.05) is 13.2 Å². The van der Waals surface area contributed by atoms with Crippen LogP contribution in [0, 0.1) is 0 Å². The van der Waals surface area contributed by atoms with Crippen LogP contribution in [0.5, 0.6) is 0 Å². The van der Waals surface area contributed by atoms with Crippen molar-refractivity contribution in [1.82, 2.24) is 15.0 Å². The van der Waals surface area contributed by atoms with Gasteiger partial charge in [-0.15, -0.1) is 0 Å². The van der Waals surface area contributed by atoms with Crippen molar-refractivity contribution in [3.8, 4) is 0 Å². The molecule has 0 saturated carbocycles. The summed E-state index contributed by atoms with van der Waals surface area (Å²) in [4.78, 5) is 1.52. The Hall–Kier alpha value is -0.940. The third-order valence-electron chi connectivity index (χ3n) is 2.62. The molecule has 0 bridgehead atoms. The molecular weight excluding hydrogens is 182 g/mol. The van der Waals surface area contributed by atoms with Gasteiger partial charge in [0.25, 0.3) is 0 Å². The molecule has 2 rings (SSSR count). The second-order valence-electron chi connectivity index (χ2n) is 3.80. The minimum Gasteiger partial charge on any atom is -0.393 e. The first-order chi connectivity index (χ1) is 6.74. The molecule has 1 fully saturated rings. The lowest BCUT2D eigenvalue weighted by Crippen LogP contribution is -2.35. The second kappa shape index (κ2) is 3.67. The first-order valence-corrected chi connectivity index (χ1v) is 4.84. The maximum atomic E-state index is 9.30. The van der Waals surface area contributed by atoms with Gasteiger partial charge in [-0.1, -0.05) is 0 Å². The Kier molecular flexibility index (Phi) is 2.52. The van der Waals surface area contributed by atoms with E-state index in [1.165, 1.54) is 4.80 Å². The highest BCUT2D eigenvalue weighted by Gasteiger charge is 2.35. The fourth-order valence-electron chi connectivity index (χ4n) is 1.87. The average molecular weight is 197 g/mol. The van der Waals surface area contributed by atoms with Crippen LogP contribution in [-0.4, -0.2) is 38.9 Å². The van der Waals surface area contributed by atoms with Gasteiger partial charge in [0.2, 0.25) is 0 Å². The first kappa shape index (κ1) is 9.61. The number of aliphatic hydroxyl groups excluding tert-OH is 1. The van der Waals surface area contributed by atoms with E-state index in [1.807, 2.05) is 0 Å². The predicted molar refractivity (Wildman–Crippen MR) is 49.7 cm³/mol. The Morgan fingerprint density at radius 2 is 2.57 bits per heavy atom. The Bertz CT molecular complexity index is 305. The normalized spacial score (nSPS) is 27.0. The largest absolute Gasteiger partial charge is 0.393 e. The van der Waals surface area contributed by atoms with Crippen LogP contribution in [0.3, 0.4) is 0 Å². The maximum Gasteiger partial charge on any atom is 0.0969 e. The van der Waals surface area contributed by atoms with E-state index in [2.05, 4.69) is 10.2 Å². The van der Waals surface area contributed by atoms with Gasteiger partial charge >= 0.3 is 0 Å². The molecule has 1 aromatic heterocycles. The van der Waals surface area contributed by atoms with Gasteiger partial charge in [0, 0.05) is 20.1 Å². The average Bonchev–Trinajstić information content (AvgIpc) is 2.77. The topological polar surface area (TPSA) is 60.2 Å². The van der Waals surface area contributed by atoms with Gasteiger partial charge in [-0.3, -0.25) is 0 Å². The molecule has 1 unspecified atom stereocenters. The number of aromatic nitrogens is 3. The number of ether oxygens (including phenoxy) is 1. The minimum atomic E-state index is -0.407. The molecule has 5 nitrogen and oxygen atoms in total. The molecule has 0 aromatic carbocycles. The van der Waals surface area contributed by atoms with Crippen molar-refractivity contribution in [1.29, 1.82) is 0 Å². The molecule has 14 heavy (non-hydrogen) atoms. The standard InChI is InChI=1S/C9H15N3O2/c1-12-10-6-8(11-12)5-9(7-13)3-2-4-14-9/h6,13H,2-5,7H2,1H3. The molecular formula is C9H15N3O2. The van der Waals surface area contributed by atoms with Crippen molar-refractivity contribution in [2.24, 2.45) is 7.05 Å². The van der Waals surface area contributed by atoms with Crippen LogP contribution in [0.1, 0.15) is 18.5 Å². The molecule has 1 N–H and O–H groups in total. The van der Waals surface area contributed by atoms with Crippen molar-refractivity contribution >= 4 is 0 Å². The molecule has 0 aliphatic carbocycles. The molecule has 0 spiro atoms. The maximum absolute atomic E-state index is 9.30. The lowest BCUT2D eigenvalue weighted by atomic mass is 9.95. The van der Waals surface area contributed by atoms with E-state index in [0.29, 0.717) is 6.42 Å². The van der Waals surface area contributed by atoms with Crippen LogP contribution in [0.4, 0.5) is 0 Å². The monoisotopic (exact) mass is 197 g/mol. The molecule has 5 heteroatoms. The summed E-state index contributed by atoms with van der Waals surface area (Å²) in [5, 5.41) is 17.5. The van der Waals surface area contributed by atoms with Crippen LogP contribution in [0.25, 0.3) is 0 Å². The zero-order valence-electron chi connectivity index (χ0n) is 8.31. The van der Waals surface area contributed by atoms with E-state index in [0.717, 1.165) is 25.1 Å². The van der Waals surface area contributed by atoms with Gasteiger partial charge in [-0.2, -0.15) is 15.0 Å². The van der Waals surface area contributed by atoms with Gasteiger partial charge in [0.15, 0.2) is 0 Å². The van der Waals surface area contributed by atoms with Crippen LogP contribution in [0.2, 0.25) is 0 Å². The summed E-state index contributed by atoms with van der Waals surface area (Å²) in [6, 6.07) is 0. The summed E-state index contributed by atoms with van der Waals surface area (Å²) in [6.45, 7) is 0.796. The number of aliphatic hydroxyl groups is 1. The van der Waals surface area contributed by atoms with Crippen molar-refractivity contribution in [3.63, 3.8) is 0 Å². The highest BCUT2D eigenvalue weighted by molar-refractivity contribution is 5.01. The summed E-state index contributed by atoms with van der Waals surface area (Å²) in [6.07, 6.45) is 4.29. The quantitative estimate of drug-likeness (QED) is 0.735. The lowest BCUT2D eigenvalue weighted by Gasteiger charge is -2.24. The van der Waals surface area contributed by atoms with E-state index < -0.39 is 5.60 Å². The number of hydrogen-bond donors (Lipinski definition) is 1. The highest BCUT2D eigenvalue weighted by Crippen LogP contribution is 2.28. The zero-order chi connectivity index (χ0) is 10.0. The second-order valence-corrected chi connectivity index (χ2v) is 3.80. The van der Waals surface area contributed by atoms with Gasteiger partial charge in [0.05, 0.1) is 24.1 Å². The van der Waals surface area contributed by atoms with E-state index >= 15 is 0 Å². The SMILES string of the molecule is Cn1ncc(CC2(CO)CCCO2)n1. The van der Waals surface area contributed by atoms with Crippen molar-refractivity contribution < 1.29 is 9.84 Å². The summed E-state index contributed by atoms with van der Waals surface area (Å²) in [7, 11) is 1.78. The van der Waals surface area contributed by atoms with Gasteiger partial charge in [-0.05, 0) is 12.8 Å². The third kappa shape index (κ3) is 1.78. The molecule has 2 heterocycles. The fourth-order valence-corrected chi connectivity index (χ4v) is 1.87. The van der Waals surface area contributed by atoms with Gasteiger partial charge < -0.3 is 9.84 Å². The van der Waals surface area contributed by atoms with E-state index in [9.17, 15) is 5.11 Å². The van der Waals surface area contributed by atoms with Crippen LogP contribution >= 0.6 is 0 Å². The molecule has 0 radical (unpaired) electrons. The van der Waals surface area contributed by atoms with E-state index in [4.69, 9.17) is 4.74 Å². The minimum absolute atomic E-state index is 0.0591. The summed E-state index contributed by atoms with van der Waals surface area (Å²) in [5.74, 6) is 0. The molecule has 1 aromatic rings. The number of hydrogen-bond acceptors (Lipinski definition) is 4. The third-order valence-corrected chi connectivity index (χ3v) is 2.62. The number of aryl methyl sites for hydroxylation is 1. The Labute approximate surface area is 82.7 Å². The summed E-state index contributed by atoms with van der Waals surface area (Å²) < 4.78 is 5.58. The molecule has 1 aliphatic heterocycles. The summed E-state index contributed by atoms with van der Waals surface area (Å²) >= 11 is 0. The number of nitrogens with zero attached hydrogens (tertiary/aromatic N) is 3. The Morgan fingerprint density at radius 3 is 3.07 bits per heavy atom. The molecule has 1 saturated heterocycles. The van der Waals surface area contributed by atoms with Crippen molar-refractivity contribution in [3.05, 3.63) is 11.9 Å². The Balaban J connectivity index is 2.08. The van der Waals surface area contributed by atoms with Crippen molar-refractivity contribution in [2.45, 2.75) is 24.9 Å². The Morgan fingerprint density at radius 1 is 1.71 bits per heavy atom. The first-order valence-electron chi connectivity index (χ1n) is 4.84. The zero-order valence-corrected chi connectivity index (χ0v) is 8.31. The van der Waals surface area contributed by atoms with Crippen LogP contribution in [0.15, 0.2) is 6.20 Å². The molecule has 78 valence electrons. The summed E-state index contributed by atoms with van der Waals surface area (Å²) in [5.41, 5.74) is 0.471. The number of rotatable bonds is 3. The lowest BCUT2D eigenvalue weighted by molar-refractivity contribution is -0.0383. The van der Waals surface area contributed by atoms with Crippen LogP contribution < -0.4 is 0 Å². The highest BCUT2D eigenvalue weighted by atomic mass is 16.5. The predicted octanol–water partition coefficient (Wildman–Crippen LogP) is -0.101. The molecule has 1 atom stereocenters. The van der Waals surface area contributed by atoms with E-state index in [-0.39, 0.29) is 6.61 Å². The molecule has 1 aliphatic rings. The van der Waals surface area contributed by atoms with Crippen LogP contribution in [-0.2, 0) is 18.2 Å². The smallest absolute Gasteiger partial charge is 0.0969 e.